The zero-order valence-corrected chi connectivity index (χ0v) is 10.6. The van der Waals surface area contributed by atoms with E-state index in [1.807, 2.05) is 0 Å². The molecular weight excluding hydrogens is 218 g/mol. The van der Waals surface area contributed by atoms with Gasteiger partial charge >= 0.3 is 5.97 Å². The van der Waals surface area contributed by atoms with Crippen molar-refractivity contribution < 1.29 is 15.0 Å². The molecule has 0 aromatic heterocycles. The van der Waals surface area contributed by atoms with Crippen LogP contribution in [0.4, 0.5) is 0 Å². The maximum Gasteiger partial charge on any atom is 0.306 e. The van der Waals surface area contributed by atoms with Crippen LogP contribution in [0, 0.1) is 11.8 Å². The van der Waals surface area contributed by atoms with Crippen molar-refractivity contribution in [3.05, 3.63) is 0 Å². The summed E-state index contributed by atoms with van der Waals surface area (Å²) in [6, 6.07) is 0. The van der Waals surface area contributed by atoms with Gasteiger partial charge in [0.15, 0.2) is 0 Å². The lowest BCUT2D eigenvalue weighted by Crippen LogP contribution is -2.45. The summed E-state index contributed by atoms with van der Waals surface area (Å²) in [7, 11) is 2.06. The second-order valence-corrected chi connectivity index (χ2v) is 5.98. The first kappa shape index (κ1) is 12.8. The zero-order chi connectivity index (χ0) is 12.5. The van der Waals surface area contributed by atoms with E-state index in [1.54, 1.807) is 0 Å². The summed E-state index contributed by atoms with van der Waals surface area (Å²) in [6.07, 6.45) is 5.12. The van der Waals surface area contributed by atoms with E-state index in [2.05, 4.69) is 11.9 Å². The van der Waals surface area contributed by atoms with Crippen molar-refractivity contribution in [1.82, 2.24) is 4.90 Å². The van der Waals surface area contributed by atoms with Gasteiger partial charge in [-0.05, 0) is 51.5 Å². The molecule has 0 radical (unpaired) electrons. The standard InChI is InChI=1S/C13H23NO3/c1-14(8-10-2-3-10)9-13(17)6-4-11(5-7-13)12(15)16/h10-11,17H,2-9H2,1H3,(H,15,16). The maximum atomic E-state index is 10.8. The Hall–Kier alpha value is -0.610. The summed E-state index contributed by atoms with van der Waals surface area (Å²) in [4.78, 5) is 13.1. The lowest BCUT2D eigenvalue weighted by Gasteiger charge is -2.37. The summed E-state index contributed by atoms with van der Waals surface area (Å²) >= 11 is 0. The van der Waals surface area contributed by atoms with Crippen molar-refractivity contribution in [3.8, 4) is 0 Å². The lowest BCUT2D eigenvalue weighted by molar-refractivity contribution is -0.145. The van der Waals surface area contributed by atoms with Gasteiger partial charge in [-0.1, -0.05) is 0 Å². The van der Waals surface area contributed by atoms with Crippen LogP contribution >= 0.6 is 0 Å². The van der Waals surface area contributed by atoms with Crippen LogP contribution in [0.1, 0.15) is 38.5 Å². The van der Waals surface area contributed by atoms with E-state index in [9.17, 15) is 9.90 Å². The van der Waals surface area contributed by atoms with Crippen LogP contribution in [0.5, 0.6) is 0 Å². The quantitative estimate of drug-likeness (QED) is 0.762. The van der Waals surface area contributed by atoms with E-state index in [4.69, 9.17) is 5.11 Å². The van der Waals surface area contributed by atoms with Gasteiger partial charge in [-0.3, -0.25) is 4.79 Å². The van der Waals surface area contributed by atoms with E-state index in [1.165, 1.54) is 12.8 Å². The summed E-state index contributed by atoms with van der Waals surface area (Å²) < 4.78 is 0. The fourth-order valence-electron chi connectivity index (χ4n) is 2.87. The molecule has 17 heavy (non-hydrogen) atoms. The third kappa shape index (κ3) is 3.68. The second kappa shape index (κ2) is 4.94. The molecule has 2 aliphatic rings. The lowest BCUT2D eigenvalue weighted by atomic mass is 9.78. The molecule has 2 N–H and O–H groups in total. The summed E-state index contributed by atoms with van der Waals surface area (Å²) in [6.45, 7) is 1.76. The molecule has 0 unspecified atom stereocenters. The highest BCUT2D eigenvalue weighted by Gasteiger charge is 2.37. The van der Waals surface area contributed by atoms with Gasteiger partial charge in [-0.2, -0.15) is 0 Å². The predicted molar refractivity (Wildman–Crippen MR) is 64.8 cm³/mol. The normalized spacial score (nSPS) is 33.9. The average molecular weight is 241 g/mol. The van der Waals surface area contributed by atoms with Crippen LogP contribution in [0.25, 0.3) is 0 Å². The van der Waals surface area contributed by atoms with E-state index < -0.39 is 11.6 Å². The van der Waals surface area contributed by atoms with Crippen molar-refractivity contribution in [2.24, 2.45) is 11.8 Å². The number of rotatable bonds is 5. The SMILES string of the molecule is CN(CC1CC1)CC1(O)CCC(C(=O)O)CC1. The largest absolute Gasteiger partial charge is 0.481 e. The number of hydrogen-bond donors (Lipinski definition) is 2. The van der Waals surface area contributed by atoms with Crippen LogP contribution in [0.3, 0.4) is 0 Å². The van der Waals surface area contributed by atoms with Gasteiger partial charge in [0.2, 0.25) is 0 Å². The molecule has 4 nitrogen and oxygen atoms in total. The van der Waals surface area contributed by atoms with Crippen LogP contribution in [-0.4, -0.2) is 46.8 Å². The molecule has 2 aliphatic carbocycles. The number of carboxylic acid groups (broad SMARTS) is 1. The minimum Gasteiger partial charge on any atom is -0.481 e. The Kier molecular flexibility index (Phi) is 3.73. The first-order chi connectivity index (χ1) is 7.98. The monoisotopic (exact) mass is 241 g/mol. The van der Waals surface area contributed by atoms with Crippen molar-refractivity contribution in [3.63, 3.8) is 0 Å². The van der Waals surface area contributed by atoms with E-state index >= 15 is 0 Å². The Balaban J connectivity index is 1.77. The Bertz CT molecular complexity index is 280. The van der Waals surface area contributed by atoms with Gasteiger partial charge in [0.25, 0.3) is 0 Å². The van der Waals surface area contributed by atoms with Gasteiger partial charge < -0.3 is 15.1 Å². The molecule has 0 aromatic rings. The molecule has 0 aliphatic heterocycles. The molecule has 2 saturated carbocycles. The van der Waals surface area contributed by atoms with Crippen molar-refractivity contribution >= 4 is 5.97 Å². The van der Waals surface area contributed by atoms with Crippen LogP contribution < -0.4 is 0 Å². The minimum atomic E-state index is -0.710. The Morgan fingerprint density at radius 1 is 1.29 bits per heavy atom. The molecular formula is C13H23NO3. The molecule has 0 aromatic carbocycles. The van der Waals surface area contributed by atoms with Crippen molar-refractivity contribution in [1.29, 1.82) is 0 Å². The van der Waals surface area contributed by atoms with Crippen LogP contribution in [-0.2, 0) is 4.79 Å². The minimum absolute atomic E-state index is 0.246. The highest BCUT2D eigenvalue weighted by Crippen LogP contribution is 2.34. The third-order valence-electron chi connectivity index (χ3n) is 4.10. The summed E-state index contributed by atoms with van der Waals surface area (Å²) in [5.41, 5.74) is -0.657. The fourth-order valence-corrected chi connectivity index (χ4v) is 2.87. The highest BCUT2D eigenvalue weighted by molar-refractivity contribution is 5.70. The second-order valence-electron chi connectivity index (χ2n) is 5.98. The molecule has 4 heteroatoms. The number of carbonyl (C=O) groups is 1. The Labute approximate surface area is 103 Å². The predicted octanol–water partition coefficient (Wildman–Crippen LogP) is 1.33. The molecule has 0 spiro atoms. The number of aliphatic carboxylic acids is 1. The number of likely N-dealkylation sites (N-methyl/N-ethyl adjacent to an activating group) is 1. The fraction of sp³-hybridized carbons (Fsp3) is 0.923. The molecule has 0 amide bonds. The maximum absolute atomic E-state index is 10.8. The molecule has 0 saturated heterocycles. The zero-order valence-electron chi connectivity index (χ0n) is 10.6. The smallest absolute Gasteiger partial charge is 0.306 e. The molecule has 2 fully saturated rings. The number of carboxylic acids is 1. The Morgan fingerprint density at radius 2 is 1.88 bits per heavy atom. The van der Waals surface area contributed by atoms with Crippen molar-refractivity contribution in [2.45, 2.75) is 44.1 Å². The van der Waals surface area contributed by atoms with Crippen LogP contribution in [0.15, 0.2) is 0 Å². The first-order valence-electron chi connectivity index (χ1n) is 6.62. The number of nitrogens with zero attached hydrogens (tertiary/aromatic N) is 1. The van der Waals surface area contributed by atoms with Gasteiger partial charge in [0.1, 0.15) is 0 Å². The number of hydrogen-bond acceptors (Lipinski definition) is 3. The van der Waals surface area contributed by atoms with Gasteiger partial charge in [0.05, 0.1) is 11.5 Å². The molecule has 0 heterocycles. The van der Waals surface area contributed by atoms with Gasteiger partial charge in [0, 0.05) is 13.1 Å². The topological polar surface area (TPSA) is 60.8 Å². The van der Waals surface area contributed by atoms with E-state index in [-0.39, 0.29) is 5.92 Å². The molecule has 0 atom stereocenters. The van der Waals surface area contributed by atoms with Crippen molar-refractivity contribution in [2.75, 3.05) is 20.1 Å². The number of aliphatic hydroxyl groups is 1. The average Bonchev–Trinajstić information content (AvgIpc) is 3.01. The Morgan fingerprint density at radius 3 is 2.35 bits per heavy atom. The summed E-state index contributed by atoms with van der Waals surface area (Å²) in [5.74, 6) is -0.124. The van der Waals surface area contributed by atoms with Gasteiger partial charge in [-0.15, -0.1) is 0 Å². The van der Waals surface area contributed by atoms with Crippen LogP contribution in [0.2, 0.25) is 0 Å². The van der Waals surface area contributed by atoms with Gasteiger partial charge in [-0.25, -0.2) is 0 Å². The first-order valence-corrected chi connectivity index (χ1v) is 6.62. The molecule has 2 rings (SSSR count). The highest BCUT2D eigenvalue weighted by atomic mass is 16.4. The van der Waals surface area contributed by atoms with E-state index in [0.29, 0.717) is 32.2 Å². The third-order valence-corrected chi connectivity index (χ3v) is 4.10. The molecule has 98 valence electrons. The summed E-state index contributed by atoms with van der Waals surface area (Å²) in [5, 5.41) is 19.4. The molecule has 0 bridgehead atoms. The van der Waals surface area contributed by atoms with E-state index in [0.717, 1.165) is 12.5 Å².